The van der Waals surface area contributed by atoms with Gasteiger partial charge in [0, 0.05) is 11.0 Å². The van der Waals surface area contributed by atoms with Gasteiger partial charge in [-0.15, -0.1) is 0 Å². The van der Waals surface area contributed by atoms with Crippen molar-refractivity contribution in [1.29, 1.82) is 0 Å². The Labute approximate surface area is 124 Å². The number of halogens is 1. The Morgan fingerprint density at radius 1 is 1.15 bits per heavy atom. The van der Waals surface area contributed by atoms with Gasteiger partial charge in [-0.05, 0) is 29.8 Å². The number of hydrogen-bond donors (Lipinski definition) is 3. The minimum atomic E-state index is -0.459. The molecule has 0 aliphatic carbocycles. The summed E-state index contributed by atoms with van der Waals surface area (Å²) < 4.78 is 0.988. The van der Waals surface area contributed by atoms with E-state index < -0.39 is 4.92 Å². The number of nitrogens with two attached hydrogens (primary N) is 1. The van der Waals surface area contributed by atoms with Crippen molar-refractivity contribution in [2.75, 3.05) is 10.7 Å². The number of hydrogen-bond acceptors (Lipinski definition) is 5. The minimum Gasteiger partial charge on any atom is -0.375 e. The molecule has 2 aromatic rings. The van der Waals surface area contributed by atoms with Crippen molar-refractivity contribution in [2.45, 2.75) is 6.54 Å². The zero-order valence-corrected chi connectivity index (χ0v) is 12.1. The molecule has 104 valence electrons. The maximum Gasteiger partial charge on any atom is 0.316 e. The number of nitro benzene ring substituents is 1. The van der Waals surface area contributed by atoms with Crippen molar-refractivity contribution in [3.05, 3.63) is 62.6 Å². The summed E-state index contributed by atoms with van der Waals surface area (Å²) in [6.07, 6.45) is 0. The normalized spacial score (nSPS) is 10.1. The SMILES string of the molecule is NNc1cccc(NCc2ccc(Br)cc2)c1[N+](=O)[O-]. The molecular weight excluding hydrogens is 324 g/mol. The summed E-state index contributed by atoms with van der Waals surface area (Å²) in [6.45, 7) is 0.488. The fourth-order valence-corrected chi connectivity index (χ4v) is 2.06. The highest BCUT2D eigenvalue weighted by atomic mass is 79.9. The first-order chi connectivity index (χ1) is 9.61. The van der Waals surface area contributed by atoms with E-state index in [2.05, 4.69) is 26.7 Å². The molecule has 2 aromatic carbocycles. The maximum atomic E-state index is 11.1. The van der Waals surface area contributed by atoms with E-state index in [4.69, 9.17) is 5.84 Å². The van der Waals surface area contributed by atoms with Gasteiger partial charge >= 0.3 is 5.69 Å². The number of anilines is 2. The van der Waals surface area contributed by atoms with Crippen molar-refractivity contribution in [3.8, 4) is 0 Å². The summed E-state index contributed by atoms with van der Waals surface area (Å²) in [4.78, 5) is 10.7. The number of nitro groups is 1. The fourth-order valence-electron chi connectivity index (χ4n) is 1.80. The highest BCUT2D eigenvalue weighted by Gasteiger charge is 2.18. The summed E-state index contributed by atoms with van der Waals surface area (Å²) in [7, 11) is 0. The molecule has 4 N–H and O–H groups in total. The van der Waals surface area contributed by atoms with Gasteiger partial charge in [-0.1, -0.05) is 34.1 Å². The molecule has 2 rings (SSSR count). The lowest BCUT2D eigenvalue weighted by atomic mass is 10.2. The third-order valence-corrected chi connectivity index (χ3v) is 3.30. The van der Waals surface area contributed by atoms with Crippen LogP contribution >= 0.6 is 15.9 Å². The highest BCUT2D eigenvalue weighted by molar-refractivity contribution is 9.10. The van der Waals surface area contributed by atoms with Crippen LogP contribution in [0.5, 0.6) is 0 Å². The zero-order valence-electron chi connectivity index (χ0n) is 10.5. The lowest BCUT2D eigenvalue weighted by Crippen LogP contribution is -2.11. The van der Waals surface area contributed by atoms with Crippen molar-refractivity contribution in [2.24, 2.45) is 5.84 Å². The Hall–Kier alpha value is -2.12. The van der Waals surface area contributed by atoms with Crippen LogP contribution in [-0.2, 0) is 6.54 Å². The summed E-state index contributed by atoms with van der Waals surface area (Å²) in [5, 5.41) is 14.2. The number of nitrogens with zero attached hydrogens (tertiary/aromatic N) is 1. The van der Waals surface area contributed by atoms with Crippen LogP contribution in [0.2, 0.25) is 0 Å². The number of hydrazine groups is 1. The molecule has 0 unspecified atom stereocenters. The summed E-state index contributed by atoms with van der Waals surface area (Å²) >= 11 is 3.36. The second-order valence-corrected chi connectivity index (χ2v) is 5.00. The first-order valence-corrected chi connectivity index (χ1v) is 6.63. The van der Waals surface area contributed by atoms with Gasteiger partial charge in [0.15, 0.2) is 0 Å². The molecular formula is C13H13BrN4O2. The van der Waals surface area contributed by atoms with Gasteiger partial charge in [0.05, 0.1) is 4.92 Å². The second kappa shape index (κ2) is 6.36. The number of nitrogens with one attached hydrogen (secondary N) is 2. The van der Waals surface area contributed by atoms with Crippen molar-refractivity contribution < 1.29 is 4.92 Å². The molecule has 20 heavy (non-hydrogen) atoms. The average molecular weight is 337 g/mol. The van der Waals surface area contributed by atoms with Crippen molar-refractivity contribution in [1.82, 2.24) is 0 Å². The quantitative estimate of drug-likeness (QED) is 0.442. The highest BCUT2D eigenvalue weighted by Crippen LogP contribution is 2.32. The maximum absolute atomic E-state index is 11.1. The third kappa shape index (κ3) is 3.25. The van der Waals surface area contributed by atoms with Gasteiger partial charge in [0.25, 0.3) is 0 Å². The van der Waals surface area contributed by atoms with E-state index >= 15 is 0 Å². The predicted octanol–water partition coefficient (Wildman–Crippen LogP) is 3.26. The molecule has 0 saturated heterocycles. The van der Waals surface area contributed by atoms with Crippen LogP contribution in [0.15, 0.2) is 46.9 Å². The lowest BCUT2D eigenvalue weighted by Gasteiger charge is -2.10. The van der Waals surface area contributed by atoms with E-state index in [1.807, 2.05) is 24.3 Å². The van der Waals surface area contributed by atoms with Crippen LogP contribution in [0.3, 0.4) is 0 Å². The number of rotatable bonds is 5. The molecule has 0 saturated carbocycles. The van der Waals surface area contributed by atoms with Gasteiger partial charge < -0.3 is 10.7 Å². The zero-order chi connectivity index (χ0) is 14.5. The Balaban J connectivity index is 2.21. The topological polar surface area (TPSA) is 93.2 Å². The number of para-hydroxylation sites is 1. The number of nitrogen functional groups attached to an aromatic ring is 1. The molecule has 0 bridgehead atoms. The first kappa shape index (κ1) is 14.3. The van der Waals surface area contributed by atoms with E-state index in [0.717, 1.165) is 10.0 Å². The smallest absolute Gasteiger partial charge is 0.316 e. The van der Waals surface area contributed by atoms with Gasteiger partial charge in [0.1, 0.15) is 11.4 Å². The van der Waals surface area contributed by atoms with Crippen molar-refractivity contribution in [3.63, 3.8) is 0 Å². The summed E-state index contributed by atoms with van der Waals surface area (Å²) in [5.74, 6) is 5.29. The number of benzene rings is 2. The van der Waals surface area contributed by atoms with Crippen molar-refractivity contribution >= 4 is 33.0 Å². The van der Waals surface area contributed by atoms with E-state index in [-0.39, 0.29) is 11.4 Å². The van der Waals surface area contributed by atoms with E-state index in [9.17, 15) is 10.1 Å². The molecule has 0 spiro atoms. The fraction of sp³-hybridized carbons (Fsp3) is 0.0769. The average Bonchev–Trinajstić information content (AvgIpc) is 2.46. The molecule has 0 aromatic heterocycles. The standard InChI is InChI=1S/C13H13BrN4O2/c14-10-6-4-9(5-7-10)8-16-11-2-1-3-12(17-15)13(11)18(19)20/h1-7,16-17H,8,15H2. The van der Waals surface area contributed by atoms with Crippen LogP contribution in [0.4, 0.5) is 17.1 Å². The molecule has 0 amide bonds. The van der Waals surface area contributed by atoms with Gasteiger partial charge in [0.2, 0.25) is 0 Å². The summed E-state index contributed by atoms with van der Waals surface area (Å²) in [5.41, 5.74) is 3.99. The molecule has 6 nitrogen and oxygen atoms in total. The molecule has 0 radical (unpaired) electrons. The van der Waals surface area contributed by atoms with Gasteiger partial charge in [-0.3, -0.25) is 16.0 Å². The molecule has 7 heteroatoms. The van der Waals surface area contributed by atoms with E-state index in [1.54, 1.807) is 18.2 Å². The van der Waals surface area contributed by atoms with Crippen LogP contribution in [0, 0.1) is 10.1 Å². The Bertz CT molecular complexity index is 616. The van der Waals surface area contributed by atoms with Gasteiger partial charge in [-0.2, -0.15) is 0 Å². The minimum absolute atomic E-state index is 0.0629. The predicted molar refractivity (Wildman–Crippen MR) is 82.4 cm³/mol. The monoisotopic (exact) mass is 336 g/mol. The third-order valence-electron chi connectivity index (χ3n) is 2.77. The van der Waals surface area contributed by atoms with Crippen LogP contribution < -0.4 is 16.6 Å². The van der Waals surface area contributed by atoms with E-state index in [0.29, 0.717) is 12.2 Å². The van der Waals surface area contributed by atoms with Gasteiger partial charge in [-0.25, -0.2) is 0 Å². The molecule has 0 fully saturated rings. The first-order valence-electron chi connectivity index (χ1n) is 5.84. The van der Waals surface area contributed by atoms with Crippen LogP contribution in [0.25, 0.3) is 0 Å². The second-order valence-electron chi connectivity index (χ2n) is 4.08. The molecule has 0 aliphatic heterocycles. The summed E-state index contributed by atoms with van der Waals surface area (Å²) in [6, 6.07) is 12.6. The largest absolute Gasteiger partial charge is 0.375 e. The van der Waals surface area contributed by atoms with Crippen LogP contribution in [-0.4, -0.2) is 4.92 Å². The van der Waals surface area contributed by atoms with Crippen LogP contribution in [0.1, 0.15) is 5.56 Å². The Morgan fingerprint density at radius 3 is 2.40 bits per heavy atom. The Kier molecular flexibility index (Phi) is 4.54. The Morgan fingerprint density at radius 2 is 1.80 bits per heavy atom. The van der Waals surface area contributed by atoms with E-state index in [1.165, 1.54) is 0 Å². The molecule has 0 heterocycles. The molecule has 0 atom stereocenters. The molecule has 0 aliphatic rings. The lowest BCUT2D eigenvalue weighted by molar-refractivity contribution is -0.383.